The van der Waals surface area contributed by atoms with Gasteiger partial charge in [0.1, 0.15) is 0 Å². The molecule has 0 fully saturated rings. The molecule has 0 saturated carbocycles. The van der Waals surface area contributed by atoms with Crippen molar-refractivity contribution in [1.82, 2.24) is 0 Å². The van der Waals surface area contributed by atoms with Crippen molar-refractivity contribution in [2.75, 3.05) is 0 Å². The van der Waals surface area contributed by atoms with Crippen LogP contribution in [0.15, 0.2) is 31.4 Å². The van der Waals surface area contributed by atoms with E-state index >= 15 is 0 Å². The van der Waals surface area contributed by atoms with E-state index in [1.54, 1.807) is 18.2 Å². The molecular formula is C12H22Al2IrO5-4. The predicted octanol–water partition coefficient (Wildman–Crippen LogP) is 1.18. The second kappa shape index (κ2) is 42.8. The number of rotatable bonds is 2. The molecule has 0 aliphatic carbocycles. The Hall–Kier alpha value is -0.00571. The zero-order valence-electron chi connectivity index (χ0n) is 10.8. The molecule has 0 spiro atoms. The molecule has 1 rings (SSSR count). The van der Waals surface area contributed by atoms with Crippen LogP contribution in [0.3, 0.4) is 0 Å². The first-order valence-corrected chi connectivity index (χ1v) is 3.94. The van der Waals surface area contributed by atoms with E-state index in [0.717, 1.165) is 0 Å². The topological polar surface area (TPSA) is 98.5 Å². The SMILES string of the molecule is C.C=C.O.O.[Al].[CH2-]Oc1[c-]c(O[CH2-])ccc1.[CH3-].[Ir].[O]=[Al]. The molecule has 0 amide bonds. The summed E-state index contributed by atoms with van der Waals surface area (Å²) in [5.41, 5.74) is 0. The fraction of sp³-hybridized carbons (Fsp3) is 0.0833. The Kier molecular flexibility index (Phi) is 107. The van der Waals surface area contributed by atoms with Gasteiger partial charge in [-0.15, -0.1) is 31.4 Å². The Bertz CT molecular complexity index is 234. The van der Waals surface area contributed by atoms with Crippen LogP contribution in [0.2, 0.25) is 0 Å². The van der Waals surface area contributed by atoms with Gasteiger partial charge in [0.2, 0.25) is 0 Å². The van der Waals surface area contributed by atoms with Gasteiger partial charge < -0.3 is 27.9 Å². The van der Waals surface area contributed by atoms with Gasteiger partial charge in [-0.2, -0.15) is 20.3 Å². The van der Waals surface area contributed by atoms with E-state index in [-0.39, 0.29) is 63.3 Å². The minimum atomic E-state index is 0. The Morgan fingerprint density at radius 3 is 1.50 bits per heavy atom. The molecule has 0 aliphatic rings. The molecule has 5 radical (unpaired) electrons. The summed E-state index contributed by atoms with van der Waals surface area (Å²) in [4.78, 5) is 0. The first-order valence-electron chi connectivity index (χ1n) is 3.47. The molecule has 1 aromatic carbocycles. The zero-order chi connectivity index (χ0) is 11.4. The van der Waals surface area contributed by atoms with Crippen molar-refractivity contribution < 1.29 is 44.3 Å². The summed E-state index contributed by atoms with van der Waals surface area (Å²) in [5.74, 6) is 1.09. The zero-order valence-corrected chi connectivity index (χ0v) is 15.5. The van der Waals surface area contributed by atoms with E-state index in [1.807, 2.05) is 0 Å². The van der Waals surface area contributed by atoms with Gasteiger partial charge in [-0.25, -0.2) is 0 Å². The van der Waals surface area contributed by atoms with Crippen LogP contribution >= 0.6 is 0 Å². The molecule has 119 valence electrons. The van der Waals surface area contributed by atoms with Crippen LogP contribution in [0.5, 0.6) is 11.5 Å². The third-order valence-corrected chi connectivity index (χ3v) is 1.05. The molecule has 0 heterocycles. The number of ether oxygens (including phenoxy) is 2. The molecule has 0 saturated heterocycles. The quantitative estimate of drug-likeness (QED) is 0.352. The van der Waals surface area contributed by atoms with Gasteiger partial charge >= 0.3 is 20.0 Å². The van der Waals surface area contributed by atoms with E-state index in [2.05, 4.69) is 42.9 Å². The Balaban J connectivity index is -0.0000000222. The average Bonchev–Trinajstić information content (AvgIpc) is 2.34. The van der Waals surface area contributed by atoms with E-state index in [9.17, 15) is 0 Å². The summed E-state index contributed by atoms with van der Waals surface area (Å²) in [5, 5.41) is 0. The summed E-state index contributed by atoms with van der Waals surface area (Å²) >= 11 is 1.17. The minimum absolute atomic E-state index is 0. The molecule has 20 heavy (non-hydrogen) atoms. The van der Waals surface area contributed by atoms with Crippen LogP contribution < -0.4 is 9.47 Å². The maximum absolute atomic E-state index is 8.17. The van der Waals surface area contributed by atoms with Crippen molar-refractivity contribution in [1.29, 1.82) is 0 Å². The summed E-state index contributed by atoms with van der Waals surface area (Å²) in [6.07, 6.45) is 0. The molecule has 5 nitrogen and oxygen atoms in total. The average molecular weight is 492 g/mol. The number of hydrogen-bond acceptors (Lipinski definition) is 3. The number of benzene rings is 1. The van der Waals surface area contributed by atoms with E-state index in [0.29, 0.717) is 11.5 Å². The molecule has 0 unspecified atom stereocenters. The van der Waals surface area contributed by atoms with Crippen LogP contribution in [0.25, 0.3) is 0 Å². The maximum atomic E-state index is 8.17. The fourth-order valence-electron chi connectivity index (χ4n) is 0.596. The summed E-state index contributed by atoms with van der Waals surface area (Å²) < 4.78 is 17.5. The van der Waals surface area contributed by atoms with Crippen molar-refractivity contribution in [2.24, 2.45) is 0 Å². The van der Waals surface area contributed by atoms with Crippen LogP contribution in [0, 0.1) is 27.7 Å². The Morgan fingerprint density at radius 2 is 1.30 bits per heavy atom. The fourth-order valence-corrected chi connectivity index (χ4v) is 0.596. The van der Waals surface area contributed by atoms with Crippen LogP contribution in [-0.4, -0.2) is 44.5 Å². The molecule has 0 aromatic heterocycles. The standard InChI is InChI=1S/C8H7O2.C2H4.CH4.CH3.2Al.Ir.2H2O.O/c1-9-7-4-3-5-8(6-7)10-2;1-2;;;;;;;;/h3-5H,1-2H2;1-2H2;1H4;1H3;;;;2*1H2;/q-3;;;-1;;;;;;. The first kappa shape index (κ1) is 50.1. The third-order valence-electron chi connectivity index (χ3n) is 1.05. The monoisotopic (exact) mass is 493 g/mol. The van der Waals surface area contributed by atoms with Crippen molar-refractivity contribution in [3.05, 3.63) is 59.1 Å². The molecule has 1 aromatic rings. The summed E-state index contributed by atoms with van der Waals surface area (Å²) in [7, 11) is 6.45. The molecule has 0 atom stereocenters. The summed E-state index contributed by atoms with van der Waals surface area (Å²) in [6, 6.07) is 8.01. The molecule has 8 heteroatoms. The van der Waals surface area contributed by atoms with E-state index in [1.165, 1.54) is 16.2 Å². The molecule has 4 N–H and O–H groups in total. The Morgan fingerprint density at radius 1 is 1.05 bits per heavy atom. The summed E-state index contributed by atoms with van der Waals surface area (Å²) in [6.45, 7) is 6.00. The number of hydrogen-bond donors (Lipinski definition) is 0. The second-order valence-electron chi connectivity index (χ2n) is 1.67. The Labute approximate surface area is 155 Å². The first-order chi connectivity index (χ1) is 6.86. The van der Waals surface area contributed by atoms with Crippen LogP contribution in [-0.2, 0) is 23.9 Å². The van der Waals surface area contributed by atoms with Crippen molar-refractivity contribution >= 4 is 33.6 Å². The molecule has 0 bridgehead atoms. The van der Waals surface area contributed by atoms with Gasteiger partial charge in [0.05, 0.1) is 0 Å². The van der Waals surface area contributed by atoms with Crippen LogP contribution in [0.1, 0.15) is 7.43 Å². The van der Waals surface area contributed by atoms with Gasteiger partial charge in [-0.05, 0) is 11.5 Å². The van der Waals surface area contributed by atoms with Gasteiger partial charge in [-0.3, -0.25) is 0 Å². The molecular weight excluding hydrogens is 470 g/mol. The van der Waals surface area contributed by atoms with Crippen molar-refractivity contribution in [2.45, 2.75) is 7.43 Å². The normalized spacial score (nSPS) is 4.85. The second-order valence-corrected chi connectivity index (χ2v) is 1.67. The van der Waals surface area contributed by atoms with Crippen molar-refractivity contribution in [3.63, 3.8) is 0 Å². The van der Waals surface area contributed by atoms with E-state index < -0.39 is 0 Å². The predicted molar refractivity (Wildman–Crippen MR) is 81.1 cm³/mol. The van der Waals surface area contributed by atoms with Crippen LogP contribution in [0.4, 0.5) is 0 Å². The van der Waals surface area contributed by atoms with E-state index in [4.69, 9.17) is 3.80 Å². The molecule has 0 aliphatic heterocycles. The van der Waals surface area contributed by atoms with Gasteiger partial charge in [0.15, 0.2) is 0 Å². The van der Waals surface area contributed by atoms with Gasteiger partial charge in [0, 0.05) is 37.5 Å². The van der Waals surface area contributed by atoms with Gasteiger partial charge in [-0.1, -0.05) is 7.43 Å². The third kappa shape index (κ3) is 26.5. The van der Waals surface area contributed by atoms with Gasteiger partial charge in [0.25, 0.3) is 0 Å². The van der Waals surface area contributed by atoms with Crippen molar-refractivity contribution in [3.8, 4) is 11.5 Å².